The average Bonchev–Trinajstić information content (AvgIpc) is 2.92. The van der Waals surface area contributed by atoms with Crippen LogP contribution < -0.4 is 19.6 Å². The van der Waals surface area contributed by atoms with E-state index >= 15 is 0 Å². The molecule has 0 bridgehead atoms. The number of phenols is 1. The van der Waals surface area contributed by atoms with Crippen molar-refractivity contribution in [3.63, 3.8) is 0 Å². The largest absolute Gasteiger partial charge is 0.504 e. The zero-order chi connectivity index (χ0) is 27.4. The van der Waals surface area contributed by atoms with E-state index < -0.39 is 23.1 Å². The quantitative estimate of drug-likeness (QED) is 0.402. The first kappa shape index (κ1) is 26.9. The van der Waals surface area contributed by atoms with Gasteiger partial charge in [0.15, 0.2) is 28.8 Å². The molecule has 3 aromatic rings. The lowest BCUT2D eigenvalue weighted by molar-refractivity contribution is -0.140. The summed E-state index contributed by atoms with van der Waals surface area (Å²) in [6.45, 7) is 1.60. The van der Waals surface area contributed by atoms with Gasteiger partial charge in [0.05, 0.1) is 47.3 Å². The van der Waals surface area contributed by atoms with E-state index in [0.717, 1.165) is 17.5 Å². The highest BCUT2D eigenvalue weighted by atomic mass is 16.5. The van der Waals surface area contributed by atoms with Crippen LogP contribution in [-0.4, -0.2) is 56.1 Å². The van der Waals surface area contributed by atoms with Gasteiger partial charge >= 0.3 is 5.97 Å². The van der Waals surface area contributed by atoms with E-state index in [2.05, 4.69) is 4.90 Å². The number of ether oxygens (including phenoxy) is 4. The topological polar surface area (TPSA) is 128 Å². The molecule has 1 aromatic heterocycles. The lowest BCUT2D eigenvalue weighted by atomic mass is 9.92. The third-order valence-corrected chi connectivity index (χ3v) is 6.70. The van der Waals surface area contributed by atoms with Gasteiger partial charge in [0, 0.05) is 19.2 Å². The Labute approximate surface area is 219 Å². The smallest absolute Gasteiger partial charge is 0.306 e. The minimum atomic E-state index is -0.884. The van der Waals surface area contributed by atoms with Crippen LogP contribution in [0.25, 0.3) is 0 Å². The van der Waals surface area contributed by atoms with Crippen LogP contribution in [0.5, 0.6) is 28.7 Å². The summed E-state index contributed by atoms with van der Waals surface area (Å²) in [5, 5.41) is 21.0. The fourth-order valence-corrected chi connectivity index (χ4v) is 4.70. The number of esters is 1. The molecule has 0 amide bonds. The third kappa shape index (κ3) is 5.55. The summed E-state index contributed by atoms with van der Waals surface area (Å²) in [6, 6.07) is 9.74. The number of carbonyl (C=O) groups is 1. The van der Waals surface area contributed by atoms with E-state index in [0.29, 0.717) is 42.5 Å². The fraction of sp³-hybridized carbons (Fsp3) is 0.357. The molecule has 10 nitrogen and oxygen atoms in total. The van der Waals surface area contributed by atoms with Gasteiger partial charge in [0.1, 0.15) is 5.76 Å². The summed E-state index contributed by atoms with van der Waals surface area (Å²) in [4.78, 5) is 27.1. The zero-order valence-corrected chi connectivity index (χ0v) is 21.8. The maximum atomic E-state index is 12.8. The van der Waals surface area contributed by atoms with Crippen LogP contribution in [0.1, 0.15) is 40.5 Å². The van der Waals surface area contributed by atoms with Crippen molar-refractivity contribution in [2.24, 2.45) is 0 Å². The van der Waals surface area contributed by atoms with Gasteiger partial charge in [0.25, 0.3) is 0 Å². The fourth-order valence-electron chi connectivity index (χ4n) is 4.70. The van der Waals surface area contributed by atoms with E-state index in [4.69, 9.17) is 23.4 Å². The predicted molar refractivity (Wildman–Crippen MR) is 137 cm³/mol. The molecule has 0 aliphatic carbocycles. The second kappa shape index (κ2) is 11.5. The summed E-state index contributed by atoms with van der Waals surface area (Å²) in [6.07, 6.45) is 0.544. The Kier molecular flexibility index (Phi) is 8.11. The van der Waals surface area contributed by atoms with Crippen LogP contribution in [0.4, 0.5) is 0 Å². The van der Waals surface area contributed by atoms with Crippen molar-refractivity contribution in [2.45, 2.75) is 31.8 Å². The first-order valence-corrected chi connectivity index (χ1v) is 12.0. The van der Waals surface area contributed by atoms with Gasteiger partial charge in [-0.25, -0.2) is 0 Å². The lowest BCUT2D eigenvalue weighted by Crippen LogP contribution is -2.30. The van der Waals surface area contributed by atoms with Crippen molar-refractivity contribution >= 4 is 5.97 Å². The van der Waals surface area contributed by atoms with Gasteiger partial charge in [-0.3, -0.25) is 14.5 Å². The van der Waals surface area contributed by atoms with Crippen LogP contribution in [0.2, 0.25) is 0 Å². The normalized spacial score (nSPS) is 13.9. The van der Waals surface area contributed by atoms with Gasteiger partial charge in [-0.05, 0) is 47.4 Å². The number of methoxy groups -OCH3 is 4. The number of fused-ring (bicyclic) bond motifs is 1. The van der Waals surface area contributed by atoms with Crippen molar-refractivity contribution in [3.05, 3.63) is 74.8 Å². The van der Waals surface area contributed by atoms with Crippen molar-refractivity contribution in [1.29, 1.82) is 0 Å². The molecule has 38 heavy (non-hydrogen) atoms. The standard InChI is InChI=1S/C28H31NO9/c1-34-23-6-5-17(9-21(23)30)20(13-26(32)37-4)28-27(33)22(31)12-19(38-28)15-29-8-7-16-10-24(35-2)25(36-3)11-18(16)14-29/h5-6,9-12,20,30,33H,7-8,13-15H2,1-4H3. The maximum Gasteiger partial charge on any atom is 0.306 e. The molecule has 1 aliphatic rings. The first-order valence-electron chi connectivity index (χ1n) is 12.0. The molecule has 0 saturated heterocycles. The molecule has 1 unspecified atom stereocenters. The molecule has 1 atom stereocenters. The van der Waals surface area contributed by atoms with Crippen molar-refractivity contribution in [2.75, 3.05) is 35.0 Å². The summed E-state index contributed by atoms with van der Waals surface area (Å²) in [5.41, 5.74) is 2.05. The highest BCUT2D eigenvalue weighted by Crippen LogP contribution is 2.38. The number of rotatable bonds is 9. The molecule has 10 heteroatoms. The Morgan fingerprint density at radius 3 is 2.29 bits per heavy atom. The molecule has 1 aliphatic heterocycles. The number of benzene rings is 2. The average molecular weight is 526 g/mol. The van der Waals surface area contributed by atoms with Crippen molar-refractivity contribution in [1.82, 2.24) is 4.90 Å². The van der Waals surface area contributed by atoms with E-state index in [9.17, 15) is 19.8 Å². The summed E-state index contributed by atoms with van der Waals surface area (Å²) < 4.78 is 26.8. The van der Waals surface area contributed by atoms with E-state index in [1.165, 1.54) is 32.4 Å². The second-order valence-corrected chi connectivity index (χ2v) is 8.99. The minimum absolute atomic E-state index is 0.0775. The number of aromatic hydroxyl groups is 2. The van der Waals surface area contributed by atoms with Gasteiger partial charge < -0.3 is 33.6 Å². The minimum Gasteiger partial charge on any atom is -0.504 e. The molecular weight excluding hydrogens is 494 g/mol. The number of hydrogen-bond acceptors (Lipinski definition) is 10. The summed E-state index contributed by atoms with van der Waals surface area (Å²) >= 11 is 0. The van der Waals surface area contributed by atoms with Crippen molar-refractivity contribution in [3.8, 4) is 28.7 Å². The lowest BCUT2D eigenvalue weighted by Gasteiger charge is -2.29. The zero-order valence-electron chi connectivity index (χ0n) is 21.8. The summed E-state index contributed by atoms with van der Waals surface area (Å²) in [7, 11) is 5.85. The van der Waals surface area contributed by atoms with E-state index in [1.807, 2.05) is 12.1 Å². The van der Waals surface area contributed by atoms with E-state index in [-0.39, 0.29) is 23.7 Å². The van der Waals surface area contributed by atoms with Gasteiger partial charge in [0.2, 0.25) is 11.2 Å². The molecule has 0 fully saturated rings. The predicted octanol–water partition coefficient (Wildman–Crippen LogP) is 3.33. The van der Waals surface area contributed by atoms with Crippen molar-refractivity contribution < 1.29 is 38.4 Å². The van der Waals surface area contributed by atoms with Gasteiger partial charge in [-0.15, -0.1) is 0 Å². The molecule has 2 aromatic carbocycles. The van der Waals surface area contributed by atoms with Gasteiger partial charge in [-0.2, -0.15) is 0 Å². The van der Waals surface area contributed by atoms with Crippen LogP contribution in [0.15, 0.2) is 45.6 Å². The maximum absolute atomic E-state index is 12.8. The first-order chi connectivity index (χ1) is 18.3. The molecule has 202 valence electrons. The number of nitrogens with zero attached hydrogens (tertiary/aromatic N) is 1. The number of carbonyl (C=O) groups excluding carboxylic acids is 1. The van der Waals surface area contributed by atoms with Crippen LogP contribution in [0.3, 0.4) is 0 Å². The van der Waals surface area contributed by atoms with Gasteiger partial charge in [-0.1, -0.05) is 6.07 Å². The molecule has 0 spiro atoms. The van der Waals surface area contributed by atoms with Crippen LogP contribution >= 0.6 is 0 Å². The second-order valence-electron chi connectivity index (χ2n) is 8.99. The molecule has 0 radical (unpaired) electrons. The Morgan fingerprint density at radius 1 is 0.974 bits per heavy atom. The molecule has 0 saturated carbocycles. The van der Waals surface area contributed by atoms with E-state index in [1.54, 1.807) is 20.3 Å². The molecule has 4 rings (SSSR count). The van der Waals surface area contributed by atoms with Crippen LogP contribution in [0, 0.1) is 0 Å². The number of hydrogen-bond donors (Lipinski definition) is 2. The Morgan fingerprint density at radius 2 is 1.66 bits per heavy atom. The highest BCUT2D eigenvalue weighted by molar-refractivity contribution is 5.71. The Bertz CT molecular complexity index is 1380. The highest BCUT2D eigenvalue weighted by Gasteiger charge is 2.28. The monoisotopic (exact) mass is 525 g/mol. The molecular formula is C28H31NO9. The van der Waals surface area contributed by atoms with Crippen LogP contribution in [-0.2, 0) is 29.0 Å². The third-order valence-electron chi connectivity index (χ3n) is 6.70. The SMILES string of the molecule is COC(=O)CC(c1ccc(OC)c(O)c1)c1oc(CN2CCc3cc(OC)c(OC)cc3C2)cc(=O)c1O. The Hall–Kier alpha value is -4.18. The number of phenolic OH excluding ortho intramolecular Hbond substituents is 1. The molecule has 2 N–H and O–H groups in total. The molecule has 2 heterocycles. The summed E-state index contributed by atoms with van der Waals surface area (Å²) in [5.74, 6) is -0.401. The Balaban J connectivity index is 1.66.